The van der Waals surface area contributed by atoms with E-state index in [2.05, 4.69) is 45.0 Å². The highest BCUT2D eigenvalue weighted by atomic mass is 16.5. The molecule has 0 saturated carbocycles. The van der Waals surface area contributed by atoms with Crippen LogP contribution in [0.1, 0.15) is 26.3 Å². The average Bonchev–Trinajstić information content (AvgIpc) is 3.53. The predicted molar refractivity (Wildman–Crippen MR) is 170 cm³/mol. The third-order valence-corrected chi connectivity index (χ3v) is 7.68. The Morgan fingerprint density at radius 1 is 0.705 bits per heavy atom. The lowest BCUT2D eigenvalue weighted by atomic mass is 10.1. The number of carbonyl (C=O) groups is 2. The third kappa shape index (κ3) is 8.29. The number of anilines is 2. The van der Waals surface area contributed by atoms with Crippen LogP contribution in [0.4, 0.5) is 11.4 Å². The number of nitrogens with zero attached hydrogens (tertiary/aromatic N) is 3. The number of rotatable bonds is 15. The maximum Gasteiger partial charge on any atom is 0.335 e. The molecule has 4 aromatic carbocycles. The lowest BCUT2D eigenvalue weighted by Gasteiger charge is -2.26. The maximum atomic E-state index is 11.4. The Labute approximate surface area is 257 Å². The van der Waals surface area contributed by atoms with Crippen LogP contribution in [0, 0.1) is 0 Å². The summed E-state index contributed by atoms with van der Waals surface area (Å²) in [5.74, 6) is -0.506. The molecule has 228 valence electrons. The zero-order valence-electron chi connectivity index (χ0n) is 24.5. The number of carboxylic acids is 2. The zero-order valence-corrected chi connectivity index (χ0v) is 24.5. The van der Waals surface area contributed by atoms with E-state index in [9.17, 15) is 14.7 Å². The largest absolute Gasteiger partial charge is 0.492 e. The third-order valence-electron chi connectivity index (χ3n) is 7.68. The molecule has 44 heavy (non-hydrogen) atoms. The number of para-hydroxylation sites is 2. The fourth-order valence-electron chi connectivity index (χ4n) is 5.22. The van der Waals surface area contributed by atoms with Crippen LogP contribution in [-0.4, -0.2) is 79.7 Å². The number of hydrogen-bond donors (Lipinski definition) is 2. The monoisotopic (exact) mass is 595 g/mol. The van der Waals surface area contributed by atoms with Gasteiger partial charge in [-0.3, -0.25) is 4.90 Å². The number of aromatic carboxylic acids is 2. The van der Waals surface area contributed by atoms with Gasteiger partial charge in [-0.1, -0.05) is 36.4 Å². The average molecular weight is 596 g/mol. The van der Waals surface area contributed by atoms with Gasteiger partial charge in [0, 0.05) is 37.6 Å². The maximum absolute atomic E-state index is 11.4. The van der Waals surface area contributed by atoms with E-state index in [4.69, 9.17) is 14.6 Å². The Bertz CT molecular complexity index is 1510. The molecule has 0 atom stereocenters. The quantitative estimate of drug-likeness (QED) is 0.188. The van der Waals surface area contributed by atoms with Gasteiger partial charge in [0.2, 0.25) is 0 Å². The molecule has 0 amide bonds. The minimum Gasteiger partial charge on any atom is -0.492 e. The Kier molecular flexibility index (Phi) is 10.3. The van der Waals surface area contributed by atoms with Crippen molar-refractivity contribution in [3.05, 3.63) is 120 Å². The molecule has 1 aliphatic rings. The summed E-state index contributed by atoms with van der Waals surface area (Å²) in [5.41, 5.74) is 3.65. The van der Waals surface area contributed by atoms with Gasteiger partial charge in [0.05, 0.1) is 24.3 Å². The lowest BCUT2D eigenvalue weighted by molar-refractivity contribution is 0.0686. The zero-order chi connectivity index (χ0) is 30.7. The van der Waals surface area contributed by atoms with Crippen LogP contribution < -0.4 is 19.3 Å². The molecule has 1 aliphatic heterocycles. The Hall–Kier alpha value is -5.02. The fourth-order valence-corrected chi connectivity index (χ4v) is 5.22. The minimum atomic E-state index is -0.984. The van der Waals surface area contributed by atoms with Crippen LogP contribution in [0.5, 0.6) is 11.5 Å². The summed E-state index contributed by atoms with van der Waals surface area (Å²) in [6.07, 6.45) is 0.718. The lowest BCUT2D eigenvalue weighted by Crippen LogP contribution is -2.31. The topological polar surface area (TPSA) is 103 Å². The summed E-state index contributed by atoms with van der Waals surface area (Å²) in [6.45, 7) is 5.88. The van der Waals surface area contributed by atoms with Crippen LogP contribution >= 0.6 is 0 Å². The molecular weight excluding hydrogens is 558 g/mol. The van der Waals surface area contributed by atoms with Crippen molar-refractivity contribution in [2.24, 2.45) is 0 Å². The standard InChI is InChI=1S/C35H37N3O6/c39-34(40)28-10-14-31(15-11-28)37(23-25-43-32-16-12-29(13-17-32)35(41)42)19-18-27-6-4-5-9-33(27)44-24-22-36-20-21-38(26-36)30-7-2-1-3-8-30/h1-17H,18-26H2,(H,39,40)(H,41,42). The first kappa shape index (κ1) is 30.4. The molecule has 0 unspecified atom stereocenters. The first-order valence-corrected chi connectivity index (χ1v) is 14.7. The molecule has 0 spiro atoms. The molecule has 9 nitrogen and oxygen atoms in total. The summed E-state index contributed by atoms with van der Waals surface area (Å²) in [4.78, 5) is 29.4. The number of ether oxygens (including phenoxy) is 2. The SMILES string of the molecule is O=C(O)c1ccc(OCCN(CCc2ccccc2OCCN2CCN(c3ccccc3)C2)c2ccc(C(=O)O)cc2)cc1. The van der Waals surface area contributed by atoms with Crippen molar-refractivity contribution >= 4 is 23.3 Å². The van der Waals surface area contributed by atoms with Crippen molar-refractivity contribution in [3.8, 4) is 11.5 Å². The molecule has 9 heteroatoms. The van der Waals surface area contributed by atoms with E-state index < -0.39 is 11.9 Å². The molecule has 0 aromatic heterocycles. The summed E-state index contributed by atoms with van der Waals surface area (Å²) >= 11 is 0. The summed E-state index contributed by atoms with van der Waals surface area (Å²) in [7, 11) is 0. The second-order valence-corrected chi connectivity index (χ2v) is 10.6. The molecule has 1 saturated heterocycles. The van der Waals surface area contributed by atoms with Crippen molar-refractivity contribution in [1.82, 2.24) is 4.90 Å². The van der Waals surface area contributed by atoms with E-state index in [0.717, 1.165) is 49.7 Å². The molecule has 4 aromatic rings. The van der Waals surface area contributed by atoms with E-state index in [1.165, 1.54) is 17.8 Å². The number of hydrogen-bond acceptors (Lipinski definition) is 7. The van der Waals surface area contributed by atoms with Crippen LogP contribution in [0.15, 0.2) is 103 Å². The van der Waals surface area contributed by atoms with Crippen molar-refractivity contribution in [3.63, 3.8) is 0 Å². The number of carboxylic acid groups (broad SMARTS) is 2. The fraction of sp³-hybridized carbons (Fsp3) is 0.257. The highest BCUT2D eigenvalue weighted by molar-refractivity contribution is 5.88. The van der Waals surface area contributed by atoms with Gasteiger partial charge in [-0.2, -0.15) is 0 Å². The number of benzene rings is 4. The highest BCUT2D eigenvalue weighted by Gasteiger charge is 2.20. The van der Waals surface area contributed by atoms with Crippen molar-refractivity contribution in [1.29, 1.82) is 0 Å². The molecule has 2 N–H and O–H groups in total. The van der Waals surface area contributed by atoms with Gasteiger partial charge >= 0.3 is 11.9 Å². The molecule has 0 aliphatic carbocycles. The Morgan fingerprint density at radius 3 is 2.07 bits per heavy atom. The summed E-state index contributed by atoms with van der Waals surface area (Å²) in [6, 6.07) is 31.7. The minimum absolute atomic E-state index is 0.202. The molecular formula is C35H37N3O6. The Balaban J connectivity index is 1.17. The van der Waals surface area contributed by atoms with E-state index in [1.807, 2.05) is 36.4 Å². The van der Waals surface area contributed by atoms with Crippen LogP contribution in [0.2, 0.25) is 0 Å². The van der Waals surface area contributed by atoms with Crippen LogP contribution in [0.25, 0.3) is 0 Å². The molecule has 0 bridgehead atoms. The van der Waals surface area contributed by atoms with E-state index in [1.54, 1.807) is 24.3 Å². The van der Waals surface area contributed by atoms with Gasteiger partial charge in [0.1, 0.15) is 24.7 Å². The second kappa shape index (κ2) is 14.9. The molecule has 1 fully saturated rings. The van der Waals surface area contributed by atoms with Gasteiger partial charge in [-0.05, 0) is 78.7 Å². The van der Waals surface area contributed by atoms with Crippen LogP contribution in [0.3, 0.4) is 0 Å². The van der Waals surface area contributed by atoms with Crippen molar-refractivity contribution in [2.45, 2.75) is 6.42 Å². The smallest absolute Gasteiger partial charge is 0.335 e. The van der Waals surface area contributed by atoms with Gasteiger partial charge in [0.25, 0.3) is 0 Å². The van der Waals surface area contributed by atoms with Gasteiger partial charge in [-0.25, -0.2) is 9.59 Å². The first-order valence-electron chi connectivity index (χ1n) is 14.7. The van der Waals surface area contributed by atoms with Gasteiger partial charge in [0.15, 0.2) is 0 Å². The predicted octanol–water partition coefficient (Wildman–Crippen LogP) is 5.37. The van der Waals surface area contributed by atoms with Gasteiger partial charge in [-0.15, -0.1) is 0 Å². The Morgan fingerprint density at radius 2 is 1.36 bits per heavy atom. The highest BCUT2D eigenvalue weighted by Crippen LogP contribution is 2.23. The van der Waals surface area contributed by atoms with E-state index in [0.29, 0.717) is 32.1 Å². The van der Waals surface area contributed by atoms with Crippen molar-refractivity contribution < 1.29 is 29.3 Å². The normalized spacial score (nSPS) is 13.0. The summed E-state index contributed by atoms with van der Waals surface area (Å²) < 4.78 is 12.2. The van der Waals surface area contributed by atoms with Gasteiger partial charge < -0.3 is 29.5 Å². The molecule has 1 heterocycles. The molecule has 5 rings (SSSR count). The summed E-state index contributed by atoms with van der Waals surface area (Å²) in [5, 5.41) is 18.5. The van der Waals surface area contributed by atoms with E-state index in [-0.39, 0.29) is 11.1 Å². The van der Waals surface area contributed by atoms with Crippen LogP contribution in [-0.2, 0) is 6.42 Å². The van der Waals surface area contributed by atoms with E-state index >= 15 is 0 Å². The second-order valence-electron chi connectivity index (χ2n) is 10.6. The van der Waals surface area contributed by atoms with Crippen molar-refractivity contribution in [2.75, 3.05) is 62.4 Å². The molecule has 0 radical (unpaired) electrons. The first-order chi connectivity index (χ1) is 21.5.